The number of anilines is 1. The van der Waals surface area contributed by atoms with Gasteiger partial charge in [0.15, 0.2) is 0 Å². The maximum atomic E-state index is 11.8. The highest BCUT2D eigenvalue weighted by Crippen LogP contribution is 2.12. The SMILES string of the molecule is CC(C)(C)S(=O)(=O)NCCCCC(=O)Nc1ncncn1. The van der Waals surface area contributed by atoms with Crippen molar-refractivity contribution >= 4 is 21.9 Å². The maximum Gasteiger partial charge on any atom is 0.232 e. The van der Waals surface area contributed by atoms with Gasteiger partial charge in [-0.15, -0.1) is 0 Å². The van der Waals surface area contributed by atoms with E-state index in [9.17, 15) is 13.2 Å². The lowest BCUT2D eigenvalue weighted by molar-refractivity contribution is -0.116. The van der Waals surface area contributed by atoms with Gasteiger partial charge in [0.2, 0.25) is 21.9 Å². The summed E-state index contributed by atoms with van der Waals surface area (Å²) in [5, 5.41) is 2.53. The number of carbonyl (C=O) groups is 1. The molecule has 0 aliphatic rings. The summed E-state index contributed by atoms with van der Waals surface area (Å²) in [5.41, 5.74) is 0. The van der Waals surface area contributed by atoms with Crippen LogP contribution in [0.2, 0.25) is 0 Å². The monoisotopic (exact) mass is 315 g/mol. The lowest BCUT2D eigenvalue weighted by atomic mass is 10.2. The summed E-state index contributed by atoms with van der Waals surface area (Å²) >= 11 is 0. The average molecular weight is 315 g/mol. The molecular formula is C12H21N5O3S. The molecule has 0 fully saturated rings. The fraction of sp³-hybridized carbons (Fsp3) is 0.667. The summed E-state index contributed by atoms with van der Waals surface area (Å²) in [4.78, 5) is 22.8. The molecule has 0 saturated carbocycles. The molecule has 2 N–H and O–H groups in total. The molecule has 0 radical (unpaired) electrons. The van der Waals surface area contributed by atoms with Crippen molar-refractivity contribution in [3.05, 3.63) is 12.7 Å². The number of carbonyl (C=O) groups excluding carboxylic acids is 1. The molecule has 0 saturated heterocycles. The van der Waals surface area contributed by atoms with Crippen molar-refractivity contribution in [2.24, 2.45) is 0 Å². The summed E-state index contributed by atoms with van der Waals surface area (Å²) in [6.45, 7) is 5.23. The van der Waals surface area contributed by atoms with Gasteiger partial charge in [0, 0.05) is 13.0 Å². The van der Waals surface area contributed by atoms with Gasteiger partial charge in [0.1, 0.15) is 12.7 Å². The first-order chi connectivity index (χ1) is 9.72. The molecular weight excluding hydrogens is 294 g/mol. The van der Waals surface area contributed by atoms with Gasteiger partial charge in [-0.05, 0) is 33.6 Å². The summed E-state index contributed by atoms with van der Waals surface area (Å²) in [7, 11) is -3.32. The molecule has 1 heterocycles. The van der Waals surface area contributed by atoms with E-state index < -0.39 is 14.8 Å². The number of rotatable bonds is 7. The minimum atomic E-state index is -3.32. The Balaban J connectivity index is 2.22. The molecule has 118 valence electrons. The third-order valence-corrected chi connectivity index (χ3v) is 4.87. The Bertz CT molecular complexity index is 554. The van der Waals surface area contributed by atoms with Crippen molar-refractivity contribution in [2.75, 3.05) is 11.9 Å². The predicted octanol–water partition coefficient (Wildman–Crippen LogP) is 0.698. The van der Waals surface area contributed by atoms with Crippen LogP contribution < -0.4 is 10.0 Å². The quantitative estimate of drug-likeness (QED) is 0.716. The minimum Gasteiger partial charge on any atom is -0.294 e. The molecule has 0 aliphatic heterocycles. The Hall–Kier alpha value is -1.61. The van der Waals surface area contributed by atoms with Crippen molar-refractivity contribution in [3.8, 4) is 0 Å². The Morgan fingerprint density at radius 3 is 2.38 bits per heavy atom. The molecule has 0 bridgehead atoms. The molecule has 1 amide bonds. The first kappa shape index (κ1) is 17.4. The van der Waals surface area contributed by atoms with E-state index >= 15 is 0 Å². The Morgan fingerprint density at radius 1 is 1.19 bits per heavy atom. The predicted molar refractivity (Wildman–Crippen MR) is 79.0 cm³/mol. The summed E-state index contributed by atoms with van der Waals surface area (Å²) < 4.78 is 25.3. The van der Waals surface area contributed by atoms with Gasteiger partial charge in [-0.1, -0.05) is 0 Å². The Labute approximate surface area is 124 Å². The van der Waals surface area contributed by atoms with Crippen molar-refractivity contribution in [1.29, 1.82) is 0 Å². The first-order valence-corrected chi connectivity index (χ1v) is 8.12. The standard InChI is InChI=1S/C12H21N5O3S/c1-12(2,3)21(19,20)16-7-5-4-6-10(18)17-11-14-8-13-9-15-11/h8-9,16H,4-7H2,1-3H3,(H,13,14,15,17,18). The molecule has 8 nitrogen and oxygen atoms in total. The summed E-state index contributed by atoms with van der Waals surface area (Å²) in [5.74, 6) is 0.00307. The van der Waals surface area contributed by atoms with E-state index in [1.807, 2.05) is 0 Å². The highest BCUT2D eigenvalue weighted by Gasteiger charge is 2.27. The molecule has 0 aliphatic carbocycles. The zero-order valence-corrected chi connectivity index (χ0v) is 13.3. The van der Waals surface area contributed by atoms with E-state index in [0.29, 0.717) is 19.4 Å². The maximum absolute atomic E-state index is 11.8. The molecule has 1 aromatic heterocycles. The van der Waals surface area contributed by atoms with Gasteiger partial charge in [-0.25, -0.2) is 28.1 Å². The fourth-order valence-corrected chi connectivity index (χ4v) is 2.17. The van der Waals surface area contributed by atoms with Crippen LogP contribution in [0.5, 0.6) is 0 Å². The molecule has 0 atom stereocenters. The largest absolute Gasteiger partial charge is 0.294 e. The molecule has 21 heavy (non-hydrogen) atoms. The van der Waals surface area contributed by atoms with Gasteiger partial charge in [-0.2, -0.15) is 0 Å². The highest BCUT2D eigenvalue weighted by molar-refractivity contribution is 7.90. The van der Waals surface area contributed by atoms with Crippen molar-refractivity contribution in [1.82, 2.24) is 19.7 Å². The molecule has 9 heteroatoms. The van der Waals surface area contributed by atoms with Crippen LogP contribution >= 0.6 is 0 Å². The van der Waals surface area contributed by atoms with Crippen molar-refractivity contribution in [3.63, 3.8) is 0 Å². The second kappa shape index (κ2) is 7.41. The van der Waals surface area contributed by atoms with E-state index in [4.69, 9.17) is 0 Å². The minimum absolute atomic E-state index is 0.208. The fourth-order valence-electron chi connectivity index (χ4n) is 1.32. The van der Waals surface area contributed by atoms with Gasteiger partial charge in [0.05, 0.1) is 4.75 Å². The summed E-state index contributed by atoms with van der Waals surface area (Å²) in [6, 6.07) is 0. The number of unbranched alkanes of at least 4 members (excludes halogenated alkanes) is 1. The van der Waals surface area contributed by atoms with E-state index in [0.717, 1.165) is 0 Å². The topological polar surface area (TPSA) is 114 Å². The first-order valence-electron chi connectivity index (χ1n) is 6.63. The third-order valence-electron chi connectivity index (χ3n) is 2.67. The van der Waals surface area contributed by atoms with Crippen LogP contribution in [-0.2, 0) is 14.8 Å². The van der Waals surface area contributed by atoms with Gasteiger partial charge < -0.3 is 0 Å². The molecule has 0 unspecified atom stereocenters. The van der Waals surface area contributed by atoms with Crippen LogP contribution in [0.3, 0.4) is 0 Å². The van der Waals surface area contributed by atoms with E-state index in [-0.39, 0.29) is 18.3 Å². The van der Waals surface area contributed by atoms with E-state index in [1.165, 1.54) is 12.7 Å². The van der Waals surface area contributed by atoms with Crippen molar-refractivity contribution < 1.29 is 13.2 Å². The number of hydrogen-bond acceptors (Lipinski definition) is 6. The van der Waals surface area contributed by atoms with Gasteiger partial charge in [0.25, 0.3) is 0 Å². The number of nitrogens with zero attached hydrogens (tertiary/aromatic N) is 3. The molecule has 1 rings (SSSR count). The number of sulfonamides is 1. The third kappa shape index (κ3) is 6.13. The number of nitrogens with one attached hydrogen (secondary N) is 2. The highest BCUT2D eigenvalue weighted by atomic mass is 32.2. The van der Waals surface area contributed by atoms with Gasteiger partial charge in [-0.3, -0.25) is 10.1 Å². The lowest BCUT2D eigenvalue weighted by Crippen LogP contribution is -2.39. The molecule has 1 aromatic rings. The normalized spacial score (nSPS) is 12.1. The van der Waals surface area contributed by atoms with E-state index in [1.54, 1.807) is 20.8 Å². The van der Waals surface area contributed by atoms with Crippen LogP contribution in [0.4, 0.5) is 5.95 Å². The molecule has 0 aromatic carbocycles. The average Bonchev–Trinajstić information content (AvgIpc) is 2.38. The van der Waals surface area contributed by atoms with Crippen molar-refractivity contribution in [2.45, 2.75) is 44.8 Å². The van der Waals surface area contributed by atoms with Crippen LogP contribution in [0.25, 0.3) is 0 Å². The smallest absolute Gasteiger partial charge is 0.232 e. The van der Waals surface area contributed by atoms with Crippen LogP contribution in [-0.4, -0.2) is 40.6 Å². The Morgan fingerprint density at radius 2 is 1.81 bits per heavy atom. The summed E-state index contributed by atoms with van der Waals surface area (Å²) in [6.07, 6.45) is 4.03. The second-order valence-corrected chi connectivity index (χ2v) is 8.00. The van der Waals surface area contributed by atoms with Crippen LogP contribution in [0.1, 0.15) is 40.0 Å². The zero-order valence-electron chi connectivity index (χ0n) is 12.5. The van der Waals surface area contributed by atoms with Crippen LogP contribution in [0, 0.1) is 0 Å². The number of hydrogen-bond donors (Lipinski definition) is 2. The van der Waals surface area contributed by atoms with Crippen LogP contribution in [0.15, 0.2) is 12.7 Å². The Kier molecular flexibility index (Phi) is 6.16. The number of aromatic nitrogens is 3. The number of amides is 1. The van der Waals surface area contributed by atoms with Gasteiger partial charge >= 0.3 is 0 Å². The zero-order chi connectivity index (χ0) is 15.9. The van der Waals surface area contributed by atoms with E-state index in [2.05, 4.69) is 25.0 Å². The lowest BCUT2D eigenvalue weighted by Gasteiger charge is -2.19. The molecule has 0 spiro atoms. The second-order valence-electron chi connectivity index (χ2n) is 5.48.